The minimum atomic E-state index is 0.0418. The van der Waals surface area contributed by atoms with Crippen molar-refractivity contribution in [2.24, 2.45) is 11.8 Å². The molecule has 1 atom stereocenters. The van der Waals surface area contributed by atoms with E-state index in [-0.39, 0.29) is 11.8 Å². The van der Waals surface area contributed by atoms with Gasteiger partial charge in [0.1, 0.15) is 0 Å². The normalized spacial score (nSPS) is 17.2. The maximum Gasteiger partial charge on any atom is 0.223 e. The van der Waals surface area contributed by atoms with E-state index < -0.39 is 0 Å². The average molecular weight is 326 g/mol. The molecule has 0 radical (unpaired) electrons. The van der Waals surface area contributed by atoms with Crippen LogP contribution in [0.3, 0.4) is 0 Å². The predicted octanol–water partition coefficient (Wildman–Crippen LogP) is 3.04. The Kier molecular flexibility index (Phi) is 7.16. The molecular formula is C17H24ClNO3. The van der Waals surface area contributed by atoms with Crippen LogP contribution in [-0.2, 0) is 20.9 Å². The highest BCUT2D eigenvalue weighted by atomic mass is 35.5. The third-order valence-electron chi connectivity index (χ3n) is 4.11. The second-order valence-electron chi connectivity index (χ2n) is 5.71. The molecule has 2 rings (SSSR count). The average Bonchev–Trinajstić information content (AvgIpc) is 2.56. The summed E-state index contributed by atoms with van der Waals surface area (Å²) in [7, 11) is 0. The van der Waals surface area contributed by atoms with Crippen molar-refractivity contribution in [2.45, 2.75) is 26.4 Å². The van der Waals surface area contributed by atoms with E-state index in [2.05, 4.69) is 5.32 Å². The lowest BCUT2D eigenvalue weighted by Crippen LogP contribution is -2.37. The van der Waals surface area contributed by atoms with Crippen LogP contribution < -0.4 is 5.32 Å². The molecule has 1 aromatic carbocycles. The number of halogens is 1. The van der Waals surface area contributed by atoms with Crippen LogP contribution in [0.1, 0.15) is 25.3 Å². The van der Waals surface area contributed by atoms with Gasteiger partial charge in [-0.15, -0.1) is 0 Å². The van der Waals surface area contributed by atoms with E-state index in [4.69, 9.17) is 21.1 Å². The van der Waals surface area contributed by atoms with Gasteiger partial charge in [-0.3, -0.25) is 4.79 Å². The molecule has 5 heteroatoms. The number of benzene rings is 1. The van der Waals surface area contributed by atoms with Gasteiger partial charge < -0.3 is 14.8 Å². The molecule has 1 aromatic rings. The number of carbonyl (C=O) groups excluding carboxylic acids is 1. The Labute approximate surface area is 137 Å². The molecule has 0 aliphatic carbocycles. The van der Waals surface area contributed by atoms with Crippen molar-refractivity contribution in [2.75, 3.05) is 26.4 Å². The summed E-state index contributed by atoms with van der Waals surface area (Å²) in [5.41, 5.74) is 1.08. The third-order valence-corrected chi connectivity index (χ3v) is 4.37. The van der Waals surface area contributed by atoms with Crippen LogP contribution in [0.4, 0.5) is 0 Å². The van der Waals surface area contributed by atoms with Crippen molar-refractivity contribution < 1.29 is 14.3 Å². The van der Waals surface area contributed by atoms with Gasteiger partial charge in [0.15, 0.2) is 0 Å². The standard InChI is InChI=1S/C17H24ClNO3/c1-13(15-6-9-21-10-7-15)17(20)19-8-11-22-12-14-2-4-16(18)5-3-14/h2-5,13,15H,6-12H2,1H3,(H,19,20)/t13-/m0/s1. The van der Waals surface area contributed by atoms with E-state index in [1.54, 1.807) is 0 Å². The topological polar surface area (TPSA) is 47.6 Å². The van der Waals surface area contributed by atoms with E-state index in [0.29, 0.717) is 25.7 Å². The first-order valence-electron chi connectivity index (χ1n) is 7.84. The van der Waals surface area contributed by atoms with Crippen LogP contribution in [0.15, 0.2) is 24.3 Å². The molecule has 1 fully saturated rings. The quantitative estimate of drug-likeness (QED) is 0.784. The van der Waals surface area contributed by atoms with Crippen molar-refractivity contribution in [1.82, 2.24) is 5.32 Å². The molecule has 0 bridgehead atoms. The molecule has 4 nitrogen and oxygen atoms in total. The van der Waals surface area contributed by atoms with Gasteiger partial charge in [0, 0.05) is 30.7 Å². The first kappa shape index (κ1) is 17.3. The molecule has 1 amide bonds. The molecule has 0 unspecified atom stereocenters. The molecule has 22 heavy (non-hydrogen) atoms. The minimum Gasteiger partial charge on any atom is -0.381 e. The van der Waals surface area contributed by atoms with E-state index in [0.717, 1.165) is 36.6 Å². The van der Waals surface area contributed by atoms with E-state index in [9.17, 15) is 4.79 Å². The summed E-state index contributed by atoms with van der Waals surface area (Å²) in [4.78, 5) is 12.1. The Bertz CT molecular complexity index is 457. The molecule has 122 valence electrons. The first-order chi connectivity index (χ1) is 10.7. The zero-order valence-electron chi connectivity index (χ0n) is 13.0. The summed E-state index contributed by atoms with van der Waals surface area (Å²) in [5.74, 6) is 0.589. The zero-order valence-corrected chi connectivity index (χ0v) is 13.8. The summed E-state index contributed by atoms with van der Waals surface area (Å²) < 4.78 is 10.9. The van der Waals surface area contributed by atoms with Crippen LogP contribution in [0.5, 0.6) is 0 Å². The largest absolute Gasteiger partial charge is 0.381 e. The van der Waals surface area contributed by atoms with Crippen LogP contribution >= 0.6 is 11.6 Å². The fourth-order valence-electron chi connectivity index (χ4n) is 2.61. The number of hydrogen-bond acceptors (Lipinski definition) is 3. The molecule has 1 aliphatic rings. The van der Waals surface area contributed by atoms with Crippen LogP contribution in [0.25, 0.3) is 0 Å². The smallest absolute Gasteiger partial charge is 0.223 e. The summed E-state index contributed by atoms with van der Waals surface area (Å²) in [5, 5.41) is 3.67. The molecule has 1 aliphatic heterocycles. The van der Waals surface area contributed by atoms with Crippen molar-refractivity contribution in [3.63, 3.8) is 0 Å². The van der Waals surface area contributed by atoms with E-state index in [1.165, 1.54) is 0 Å². The van der Waals surface area contributed by atoms with E-state index >= 15 is 0 Å². The molecule has 0 spiro atoms. The molecule has 1 heterocycles. The van der Waals surface area contributed by atoms with Crippen molar-refractivity contribution in [3.8, 4) is 0 Å². The third kappa shape index (κ3) is 5.59. The minimum absolute atomic E-state index is 0.0418. The zero-order chi connectivity index (χ0) is 15.8. The van der Waals surface area contributed by atoms with Gasteiger partial charge in [0.2, 0.25) is 5.91 Å². The number of carbonyl (C=O) groups is 1. The second kappa shape index (κ2) is 9.13. The Balaban J connectivity index is 1.59. The maximum atomic E-state index is 12.1. The van der Waals surface area contributed by atoms with Crippen LogP contribution in [0.2, 0.25) is 5.02 Å². The Morgan fingerprint density at radius 3 is 2.73 bits per heavy atom. The molecule has 1 N–H and O–H groups in total. The fourth-order valence-corrected chi connectivity index (χ4v) is 2.73. The number of ether oxygens (including phenoxy) is 2. The van der Waals surface area contributed by atoms with Crippen LogP contribution in [0, 0.1) is 11.8 Å². The van der Waals surface area contributed by atoms with E-state index in [1.807, 2.05) is 31.2 Å². The highest BCUT2D eigenvalue weighted by Crippen LogP contribution is 2.23. The molecular weight excluding hydrogens is 302 g/mol. The summed E-state index contributed by atoms with van der Waals surface area (Å²) >= 11 is 5.83. The SMILES string of the molecule is C[C@H](C(=O)NCCOCc1ccc(Cl)cc1)C1CCOCC1. The van der Waals surface area contributed by atoms with Crippen molar-refractivity contribution >= 4 is 17.5 Å². The Morgan fingerprint density at radius 1 is 1.36 bits per heavy atom. The van der Waals surface area contributed by atoms with Crippen molar-refractivity contribution in [1.29, 1.82) is 0 Å². The number of rotatable bonds is 7. The highest BCUT2D eigenvalue weighted by molar-refractivity contribution is 6.30. The number of amides is 1. The number of nitrogens with one attached hydrogen (secondary N) is 1. The Morgan fingerprint density at radius 2 is 2.05 bits per heavy atom. The lowest BCUT2D eigenvalue weighted by molar-refractivity contribution is -0.127. The molecule has 1 saturated heterocycles. The fraction of sp³-hybridized carbons (Fsp3) is 0.588. The monoisotopic (exact) mass is 325 g/mol. The number of hydrogen-bond donors (Lipinski definition) is 1. The molecule has 0 saturated carbocycles. The first-order valence-corrected chi connectivity index (χ1v) is 8.22. The van der Waals surface area contributed by atoms with Gasteiger partial charge >= 0.3 is 0 Å². The molecule has 0 aromatic heterocycles. The maximum absolute atomic E-state index is 12.1. The van der Waals surface area contributed by atoms with Crippen LogP contribution in [-0.4, -0.2) is 32.3 Å². The highest BCUT2D eigenvalue weighted by Gasteiger charge is 2.25. The Hall–Kier alpha value is -1.10. The predicted molar refractivity (Wildman–Crippen MR) is 86.8 cm³/mol. The van der Waals surface area contributed by atoms with Gasteiger partial charge in [0.05, 0.1) is 13.2 Å². The second-order valence-corrected chi connectivity index (χ2v) is 6.14. The summed E-state index contributed by atoms with van der Waals surface area (Å²) in [6, 6.07) is 7.57. The van der Waals surface area contributed by atoms with Gasteiger partial charge in [0.25, 0.3) is 0 Å². The lowest BCUT2D eigenvalue weighted by Gasteiger charge is -2.26. The van der Waals surface area contributed by atoms with Gasteiger partial charge in [-0.05, 0) is 36.5 Å². The summed E-state index contributed by atoms with van der Waals surface area (Å²) in [6.45, 7) is 5.12. The van der Waals surface area contributed by atoms with Crippen molar-refractivity contribution in [3.05, 3.63) is 34.9 Å². The van der Waals surface area contributed by atoms with Gasteiger partial charge in [-0.1, -0.05) is 30.7 Å². The van der Waals surface area contributed by atoms with Gasteiger partial charge in [-0.25, -0.2) is 0 Å². The summed E-state index contributed by atoms with van der Waals surface area (Å²) in [6.07, 6.45) is 1.95. The lowest BCUT2D eigenvalue weighted by atomic mass is 9.87. The van der Waals surface area contributed by atoms with Gasteiger partial charge in [-0.2, -0.15) is 0 Å².